The van der Waals surface area contributed by atoms with E-state index in [9.17, 15) is 4.79 Å². The zero-order valence-corrected chi connectivity index (χ0v) is 20.9. The first-order chi connectivity index (χ1) is 16.9. The van der Waals surface area contributed by atoms with Crippen LogP contribution in [0.5, 0.6) is 23.0 Å². The maximum atomic E-state index is 12.3. The van der Waals surface area contributed by atoms with Gasteiger partial charge in [0.15, 0.2) is 16.6 Å². The van der Waals surface area contributed by atoms with Crippen molar-refractivity contribution >= 4 is 63.0 Å². The Labute approximate surface area is 216 Å². The highest BCUT2D eigenvalue weighted by molar-refractivity contribution is 7.80. The highest BCUT2D eigenvalue weighted by atomic mass is 35.5. The maximum Gasteiger partial charge on any atom is 0.257 e. The molecule has 0 spiro atoms. The van der Waals surface area contributed by atoms with Gasteiger partial charge >= 0.3 is 0 Å². The SMILES string of the molecule is COc1cc2nccc(Oc3ccc(NC(=S)NC(=O)c4ccc(Cl)cc4)c(Cl)c3)c2cc1OC. The first-order valence-corrected chi connectivity index (χ1v) is 11.4. The highest BCUT2D eigenvalue weighted by Crippen LogP contribution is 2.37. The third-order valence-corrected chi connectivity index (χ3v) is 5.73. The quantitative estimate of drug-likeness (QED) is 0.277. The number of benzene rings is 3. The summed E-state index contributed by atoms with van der Waals surface area (Å²) in [5.41, 5.74) is 1.62. The van der Waals surface area contributed by atoms with Crippen molar-refractivity contribution < 1.29 is 19.0 Å². The fourth-order valence-corrected chi connectivity index (χ4v) is 3.80. The lowest BCUT2D eigenvalue weighted by atomic mass is 10.2. The van der Waals surface area contributed by atoms with Crippen LogP contribution in [0.1, 0.15) is 10.4 Å². The molecule has 1 heterocycles. The highest BCUT2D eigenvalue weighted by Gasteiger charge is 2.13. The summed E-state index contributed by atoms with van der Waals surface area (Å²) in [7, 11) is 3.13. The summed E-state index contributed by atoms with van der Waals surface area (Å²) in [6, 6.07) is 16.9. The molecule has 1 aromatic heterocycles. The van der Waals surface area contributed by atoms with E-state index >= 15 is 0 Å². The number of amides is 1. The molecule has 2 N–H and O–H groups in total. The summed E-state index contributed by atoms with van der Waals surface area (Å²) in [6.45, 7) is 0. The summed E-state index contributed by atoms with van der Waals surface area (Å²) >= 11 is 17.5. The molecule has 35 heavy (non-hydrogen) atoms. The largest absolute Gasteiger partial charge is 0.493 e. The molecule has 4 rings (SSSR count). The molecule has 0 saturated heterocycles. The molecule has 0 aliphatic heterocycles. The van der Waals surface area contributed by atoms with Crippen LogP contribution in [0, 0.1) is 0 Å². The number of ether oxygens (including phenoxy) is 3. The number of nitrogens with zero attached hydrogens (tertiary/aromatic N) is 1. The summed E-state index contributed by atoms with van der Waals surface area (Å²) < 4.78 is 16.8. The predicted molar refractivity (Wildman–Crippen MR) is 142 cm³/mol. The topological polar surface area (TPSA) is 81.7 Å². The minimum atomic E-state index is -0.369. The van der Waals surface area contributed by atoms with Crippen molar-refractivity contribution in [2.45, 2.75) is 0 Å². The minimum absolute atomic E-state index is 0.0988. The molecule has 178 valence electrons. The van der Waals surface area contributed by atoms with E-state index in [2.05, 4.69) is 15.6 Å². The number of aromatic nitrogens is 1. The van der Waals surface area contributed by atoms with E-state index in [1.165, 1.54) is 0 Å². The number of rotatable bonds is 6. The smallest absolute Gasteiger partial charge is 0.257 e. The second kappa shape index (κ2) is 10.8. The molecule has 10 heteroatoms. The Hall–Kier alpha value is -3.59. The third-order valence-electron chi connectivity index (χ3n) is 4.96. The summed E-state index contributed by atoms with van der Waals surface area (Å²) in [5.74, 6) is 1.83. The van der Waals surface area contributed by atoms with Crippen LogP contribution in [0.3, 0.4) is 0 Å². The summed E-state index contributed by atoms with van der Waals surface area (Å²) in [6.07, 6.45) is 1.64. The Bertz CT molecular complexity index is 1410. The predicted octanol–water partition coefficient (Wildman–Crippen LogP) is 6.48. The number of pyridine rings is 1. The molecular weight excluding hydrogens is 509 g/mol. The molecule has 0 atom stereocenters. The molecule has 0 fully saturated rings. The Kier molecular flexibility index (Phi) is 7.55. The van der Waals surface area contributed by atoms with Crippen LogP contribution in [0.2, 0.25) is 10.0 Å². The monoisotopic (exact) mass is 527 g/mol. The molecule has 0 aliphatic rings. The first-order valence-electron chi connectivity index (χ1n) is 10.2. The minimum Gasteiger partial charge on any atom is -0.493 e. The average Bonchev–Trinajstić information content (AvgIpc) is 2.85. The van der Waals surface area contributed by atoms with Gasteiger partial charge in [-0.15, -0.1) is 0 Å². The number of methoxy groups -OCH3 is 2. The molecular formula is C25H19Cl2N3O4S. The molecule has 7 nitrogen and oxygen atoms in total. The number of hydrogen-bond donors (Lipinski definition) is 2. The zero-order valence-electron chi connectivity index (χ0n) is 18.6. The maximum absolute atomic E-state index is 12.3. The number of nitrogens with one attached hydrogen (secondary N) is 2. The molecule has 0 radical (unpaired) electrons. The van der Waals surface area contributed by atoms with Crippen LogP contribution >= 0.6 is 35.4 Å². The van der Waals surface area contributed by atoms with E-state index in [0.29, 0.717) is 49.8 Å². The molecule has 0 bridgehead atoms. The summed E-state index contributed by atoms with van der Waals surface area (Å²) in [4.78, 5) is 16.7. The van der Waals surface area contributed by atoms with Gasteiger partial charge in [0, 0.05) is 34.3 Å². The zero-order chi connectivity index (χ0) is 24.9. The number of carbonyl (C=O) groups excluding carboxylic acids is 1. The van der Waals surface area contributed by atoms with Gasteiger partial charge in [0.05, 0.1) is 30.4 Å². The van der Waals surface area contributed by atoms with Gasteiger partial charge in [0.2, 0.25) is 0 Å². The number of carbonyl (C=O) groups is 1. The van der Waals surface area contributed by atoms with Gasteiger partial charge in [-0.25, -0.2) is 0 Å². The lowest BCUT2D eigenvalue weighted by Crippen LogP contribution is -2.34. The van der Waals surface area contributed by atoms with Crippen LogP contribution in [0.4, 0.5) is 5.69 Å². The summed E-state index contributed by atoms with van der Waals surface area (Å²) in [5, 5.41) is 7.25. The van der Waals surface area contributed by atoms with Crippen molar-refractivity contribution in [3.63, 3.8) is 0 Å². The molecule has 1 amide bonds. The van der Waals surface area contributed by atoms with Crippen molar-refractivity contribution in [2.24, 2.45) is 0 Å². The molecule has 0 unspecified atom stereocenters. The second-order valence-electron chi connectivity index (χ2n) is 7.19. The molecule has 4 aromatic rings. The second-order valence-corrected chi connectivity index (χ2v) is 8.44. The van der Waals surface area contributed by atoms with Crippen LogP contribution < -0.4 is 24.8 Å². The van der Waals surface area contributed by atoms with Crippen LogP contribution in [-0.2, 0) is 0 Å². The van der Waals surface area contributed by atoms with E-state index in [1.54, 1.807) is 81.1 Å². The van der Waals surface area contributed by atoms with Gasteiger partial charge in [-0.05, 0) is 60.7 Å². The van der Waals surface area contributed by atoms with Gasteiger partial charge in [-0.1, -0.05) is 23.2 Å². The Morgan fingerprint density at radius 3 is 2.31 bits per heavy atom. The van der Waals surface area contributed by atoms with Gasteiger partial charge in [-0.3, -0.25) is 15.1 Å². The van der Waals surface area contributed by atoms with Gasteiger partial charge in [-0.2, -0.15) is 0 Å². The van der Waals surface area contributed by atoms with Crippen molar-refractivity contribution in [3.8, 4) is 23.0 Å². The Morgan fingerprint density at radius 2 is 1.63 bits per heavy atom. The van der Waals surface area contributed by atoms with E-state index in [0.717, 1.165) is 5.39 Å². The van der Waals surface area contributed by atoms with E-state index in [1.807, 2.05) is 0 Å². The van der Waals surface area contributed by atoms with E-state index in [-0.39, 0.29) is 11.0 Å². The van der Waals surface area contributed by atoms with Crippen molar-refractivity contribution in [1.82, 2.24) is 10.3 Å². The first kappa shape index (κ1) is 24.5. The van der Waals surface area contributed by atoms with Crippen molar-refractivity contribution in [3.05, 3.63) is 82.5 Å². The fraction of sp³-hybridized carbons (Fsp3) is 0.0800. The lowest BCUT2D eigenvalue weighted by molar-refractivity contribution is 0.0977. The van der Waals surface area contributed by atoms with Gasteiger partial charge in [0.1, 0.15) is 11.5 Å². The normalized spacial score (nSPS) is 10.5. The lowest BCUT2D eigenvalue weighted by Gasteiger charge is -2.14. The van der Waals surface area contributed by atoms with Gasteiger partial charge in [0.25, 0.3) is 5.91 Å². The fourth-order valence-electron chi connectivity index (χ4n) is 3.25. The van der Waals surface area contributed by atoms with Crippen LogP contribution in [0.25, 0.3) is 10.9 Å². The number of anilines is 1. The number of halogens is 2. The molecule has 0 aliphatic carbocycles. The van der Waals surface area contributed by atoms with Crippen LogP contribution in [-0.4, -0.2) is 30.2 Å². The number of hydrogen-bond acceptors (Lipinski definition) is 6. The van der Waals surface area contributed by atoms with Crippen LogP contribution in [0.15, 0.2) is 66.9 Å². The molecule has 3 aromatic carbocycles. The number of thiocarbonyl (C=S) groups is 1. The third kappa shape index (κ3) is 5.74. The van der Waals surface area contributed by atoms with Gasteiger partial charge < -0.3 is 19.5 Å². The standard InChI is InChI=1S/C25H19Cl2N3O4S/c1-32-22-12-17-20(13-23(22)33-2)28-10-9-21(17)34-16-7-8-19(18(27)11-16)29-25(35)30-24(31)14-3-5-15(26)6-4-14/h3-13H,1-2H3,(H2,29,30,31,35). The van der Waals surface area contributed by atoms with Crippen molar-refractivity contribution in [2.75, 3.05) is 19.5 Å². The van der Waals surface area contributed by atoms with E-state index in [4.69, 9.17) is 49.6 Å². The Balaban J connectivity index is 1.48. The Morgan fingerprint density at radius 1 is 0.914 bits per heavy atom. The number of fused-ring (bicyclic) bond motifs is 1. The van der Waals surface area contributed by atoms with Crippen molar-refractivity contribution in [1.29, 1.82) is 0 Å². The average molecular weight is 528 g/mol. The molecule has 0 saturated carbocycles. The van der Waals surface area contributed by atoms with E-state index < -0.39 is 0 Å².